The van der Waals surface area contributed by atoms with Crippen LogP contribution in [-0.2, 0) is 6.42 Å². The van der Waals surface area contributed by atoms with Crippen molar-refractivity contribution in [3.63, 3.8) is 0 Å². The van der Waals surface area contributed by atoms with E-state index in [2.05, 4.69) is 23.0 Å². The Morgan fingerprint density at radius 1 is 1.26 bits per heavy atom. The molecule has 1 aliphatic rings. The van der Waals surface area contributed by atoms with Crippen molar-refractivity contribution in [1.82, 2.24) is 19.4 Å². The van der Waals surface area contributed by atoms with Crippen LogP contribution in [0.15, 0.2) is 30.6 Å². The van der Waals surface area contributed by atoms with Crippen LogP contribution in [0.4, 0.5) is 4.79 Å². The number of nitrogens with zero attached hydrogens (tertiary/aromatic N) is 3. The third-order valence-corrected chi connectivity index (χ3v) is 5.01. The predicted molar refractivity (Wildman–Crippen MR) is 89.6 cm³/mol. The van der Waals surface area contributed by atoms with E-state index in [0.29, 0.717) is 0 Å². The summed E-state index contributed by atoms with van der Waals surface area (Å²) in [6.45, 7) is 6.88. The van der Waals surface area contributed by atoms with E-state index >= 15 is 0 Å². The van der Waals surface area contributed by atoms with E-state index in [1.807, 2.05) is 41.5 Å². The Kier molecular flexibility index (Phi) is 3.04. The lowest BCUT2D eigenvalue weighted by atomic mass is 10.1. The average Bonchev–Trinajstić information content (AvgIpc) is 3.10. The van der Waals surface area contributed by atoms with Gasteiger partial charge in [-0.05, 0) is 32.4 Å². The third kappa shape index (κ3) is 1.92. The fraction of sp³-hybridized carbons (Fsp3) is 0.333. The number of nitrogens with one attached hydrogen (secondary N) is 1. The number of fused-ring (bicyclic) bond motifs is 3. The Labute approximate surface area is 134 Å². The fourth-order valence-electron chi connectivity index (χ4n) is 3.72. The summed E-state index contributed by atoms with van der Waals surface area (Å²) in [4.78, 5) is 22.6. The van der Waals surface area contributed by atoms with Crippen molar-refractivity contribution in [1.29, 1.82) is 0 Å². The number of amides is 1. The van der Waals surface area contributed by atoms with Gasteiger partial charge in [-0.25, -0.2) is 9.78 Å². The Bertz CT molecular complexity index is 905. The maximum Gasteiger partial charge on any atom is 0.329 e. The highest BCUT2D eigenvalue weighted by Crippen LogP contribution is 2.32. The SMILES string of the molecule is Cc1[nH]cnc1[C@H](C)N1CCc2c(C)c3ccccc3n2C1=O. The van der Waals surface area contributed by atoms with Gasteiger partial charge in [-0.3, -0.25) is 4.57 Å². The van der Waals surface area contributed by atoms with E-state index in [9.17, 15) is 4.79 Å². The summed E-state index contributed by atoms with van der Waals surface area (Å²) in [5.74, 6) is 0. The molecule has 0 aliphatic carbocycles. The zero-order valence-corrected chi connectivity index (χ0v) is 13.6. The minimum atomic E-state index is -0.0385. The molecule has 5 nitrogen and oxygen atoms in total. The van der Waals surface area contributed by atoms with Gasteiger partial charge in [-0.2, -0.15) is 0 Å². The second-order valence-corrected chi connectivity index (χ2v) is 6.24. The van der Waals surface area contributed by atoms with Crippen molar-refractivity contribution in [3.05, 3.63) is 53.2 Å². The summed E-state index contributed by atoms with van der Waals surface area (Å²) in [7, 11) is 0. The molecule has 4 rings (SSSR count). The van der Waals surface area contributed by atoms with Gasteiger partial charge in [0.1, 0.15) is 0 Å². The molecule has 0 radical (unpaired) electrons. The molecule has 1 aliphatic heterocycles. The maximum absolute atomic E-state index is 13.1. The Morgan fingerprint density at radius 3 is 2.78 bits per heavy atom. The van der Waals surface area contributed by atoms with E-state index in [-0.39, 0.29) is 12.1 Å². The van der Waals surface area contributed by atoms with Gasteiger partial charge in [0, 0.05) is 29.7 Å². The van der Waals surface area contributed by atoms with Gasteiger partial charge in [0.25, 0.3) is 0 Å². The van der Waals surface area contributed by atoms with E-state index in [0.717, 1.165) is 35.6 Å². The molecule has 1 amide bonds. The summed E-state index contributed by atoms with van der Waals surface area (Å²) < 4.78 is 1.88. The lowest BCUT2D eigenvalue weighted by Gasteiger charge is -2.33. The molecule has 0 saturated carbocycles. The predicted octanol–water partition coefficient (Wildman–Crippen LogP) is 3.57. The number of benzene rings is 1. The minimum Gasteiger partial charge on any atom is -0.348 e. The standard InChI is InChI=1S/C18H20N4O/c1-11-14-6-4-5-7-16(14)22-15(11)8-9-21(18(22)23)13(3)17-12(2)19-10-20-17/h4-7,10,13H,8-9H2,1-3H3,(H,19,20)/t13-/m0/s1. The molecule has 1 N–H and O–H groups in total. The van der Waals surface area contributed by atoms with Crippen LogP contribution in [0.2, 0.25) is 0 Å². The molecule has 5 heteroatoms. The van der Waals surface area contributed by atoms with Gasteiger partial charge in [-0.1, -0.05) is 18.2 Å². The number of hydrogen-bond acceptors (Lipinski definition) is 2. The molecule has 3 heterocycles. The summed E-state index contributed by atoms with van der Waals surface area (Å²) in [6.07, 6.45) is 2.57. The van der Waals surface area contributed by atoms with E-state index in [1.165, 1.54) is 10.9 Å². The number of imidazole rings is 1. The molecule has 3 aromatic rings. The van der Waals surface area contributed by atoms with Crippen LogP contribution < -0.4 is 0 Å². The van der Waals surface area contributed by atoms with Crippen molar-refractivity contribution >= 4 is 16.9 Å². The first kappa shape index (κ1) is 14.1. The number of aryl methyl sites for hydroxylation is 2. The monoisotopic (exact) mass is 308 g/mol. The van der Waals surface area contributed by atoms with Crippen molar-refractivity contribution in [3.8, 4) is 0 Å². The number of rotatable bonds is 2. The van der Waals surface area contributed by atoms with Gasteiger partial charge < -0.3 is 9.88 Å². The average molecular weight is 308 g/mol. The molecule has 1 aromatic carbocycles. The molecular formula is C18H20N4O. The van der Waals surface area contributed by atoms with E-state index < -0.39 is 0 Å². The van der Waals surface area contributed by atoms with Crippen LogP contribution in [-0.4, -0.2) is 32.0 Å². The highest BCUT2D eigenvalue weighted by Gasteiger charge is 2.32. The zero-order chi connectivity index (χ0) is 16.1. The molecule has 2 aromatic heterocycles. The largest absolute Gasteiger partial charge is 0.348 e. The molecule has 0 fully saturated rings. The molecule has 0 bridgehead atoms. The molecule has 23 heavy (non-hydrogen) atoms. The van der Waals surface area contributed by atoms with Crippen molar-refractivity contribution < 1.29 is 4.79 Å². The van der Waals surface area contributed by atoms with Gasteiger partial charge in [0.15, 0.2) is 0 Å². The van der Waals surface area contributed by atoms with Gasteiger partial charge in [0.2, 0.25) is 0 Å². The van der Waals surface area contributed by atoms with Crippen LogP contribution in [0.25, 0.3) is 10.9 Å². The van der Waals surface area contributed by atoms with Crippen molar-refractivity contribution in [2.45, 2.75) is 33.2 Å². The second-order valence-electron chi connectivity index (χ2n) is 6.24. The van der Waals surface area contributed by atoms with Crippen LogP contribution in [0.1, 0.15) is 35.6 Å². The maximum atomic E-state index is 13.1. The number of hydrogen-bond donors (Lipinski definition) is 1. The quantitative estimate of drug-likeness (QED) is 0.787. The number of aromatic amines is 1. The van der Waals surface area contributed by atoms with Gasteiger partial charge in [0.05, 0.1) is 23.6 Å². The highest BCUT2D eigenvalue weighted by atomic mass is 16.2. The fourth-order valence-corrected chi connectivity index (χ4v) is 3.72. The Morgan fingerprint density at radius 2 is 2.04 bits per heavy atom. The Balaban J connectivity index is 1.81. The van der Waals surface area contributed by atoms with Gasteiger partial charge in [-0.15, -0.1) is 0 Å². The topological polar surface area (TPSA) is 53.9 Å². The molecule has 0 saturated heterocycles. The van der Waals surface area contributed by atoms with Crippen molar-refractivity contribution in [2.24, 2.45) is 0 Å². The lowest BCUT2D eigenvalue weighted by Crippen LogP contribution is -2.43. The molecule has 0 unspecified atom stereocenters. The first-order valence-electron chi connectivity index (χ1n) is 7.99. The molecule has 118 valence electrons. The number of para-hydroxylation sites is 1. The second kappa shape index (κ2) is 4.98. The number of aromatic nitrogens is 3. The van der Waals surface area contributed by atoms with Crippen LogP contribution in [0.3, 0.4) is 0 Å². The summed E-state index contributed by atoms with van der Waals surface area (Å²) in [6, 6.07) is 8.14. The Hall–Kier alpha value is -2.56. The summed E-state index contributed by atoms with van der Waals surface area (Å²) in [5.41, 5.74) is 5.32. The minimum absolute atomic E-state index is 0.0385. The smallest absolute Gasteiger partial charge is 0.329 e. The highest BCUT2D eigenvalue weighted by molar-refractivity contribution is 5.96. The van der Waals surface area contributed by atoms with Crippen LogP contribution in [0.5, 0.6) is 0 Å². The summed E-state index contributed by atoms with van der Waals surface area (Å²) >= 11 is 0. The van der Waals surface area contributed by atoms with Crippen LogP contribution in [0, 0.1) is 13.8 Å². The number of carbonyl (C=O) groups is 1. The van der Waals surface area contributed by atoms with Crippen LogP contribution >= 0.6 is 0 Å². The van der Waals surface area contributed by atoms with Gasteiger partial charge >= 0.3 is 6.03 Å². The van der Waals surface area contributed by atoms with Crippen molar-refractivity contribution in [2.75, 3.05) is 6.54 Å². The normalized spacial score (nSPS) is 16.0. The van der Waals surface area contributed by atoms with E-state index in [1.54, 1.807) is 6.33 Å². The lowest BCUT2D eigenvalue weighted by molar-refractivity contribution is 0.173. The molecule has 0 spiro atoms. The molecule has 1 atom stereocenters. The first-order valence-corrected chi connectivity index (χ1v) is 7.99. The zero-order valence-electron chi connectivity index (χ0n) is 13.6. The summed E-state index contributed by atoms with van der Waals surface area (Å²) in [5, 5.41) is 1.17. The molecular weight excluding hydrogens is 288 g/mol. The van der Waals surface area contributed by atoms with E-state index in [4.69, 9.17) is 0 Å². The number of H-pyrrole nitrogens is 1. The third-order valence-electron chi connectivity index (χ3n) is 5.01. The first-order chi connectivity index (χ1) is 11.1. The number of carbonyl (C=O) groups excluding carboxylic acids is 1.